The Kier molecular flexibility index (Phi) is 10.4. The summed E-state index contributed by atoms with van der Waals surface area (Å²) in [5.41, 5.74) is 1.85. The Morgan fingerprint density at radius 1 is 1.11 bits per heavy atom. The molecule has 1 amide bonds. The van der Waals surface area contributed by atoms with Gasteiger partial charge >= 0.3 is 0 Å². The first-order valence-corrected chi connectivity index (χ1v) is 8.63. The fourth-order valence-corrected chi connectivity index (χ4v) is 2.43. The Morgan fingerprint density at radius 3 is 2.41 bits per heavy atom. The number of nitrogens with one attached hydrogen (secondary N) is 3. The molecule has 0 aliphatic heterocycles. The van der Waals surface area contributed by atoms with Gasteiger partial charge in [0.25, 0.3) is 0 Å². The third-order valence-electron chi connectivity index (χ3n) is 3.86. The highest BCUT2D eigenvalue weighted by molar-refractivity contribution is 14.0. The molecular formula is C20H26FIN4O. The molecule has 5 nitrogen and oxygen atoms in total. The van der Waals surface area contributed by atoms with Gasteiger partial charge in [0.1, 0.15) is 5.82 Å². The molecule has 0 saturated carbocycles. The highest BCUT2D eigenvalue weighted by atomic mass is 127. The van der Waals surface area contributed by atoms with Crippen LogP contribution in [-0.4, -0.2) is 31.5 Å². The van der Waals surface area contributed by atoms with E-state index < -0.39 is 0 Å². The van der Waals surface area contributed by atoms with Crippen molar-refractivity contribution in [1.82, 2.24) is 10.6 Å². The summed E-state index contributed by atoms with van der Waals surface area (Å²) in [4.78, 5) is 16.1. The summed E-state index contributed by atoms with van der Waals surface area (Å²) in [7, 11) is 1.66. The van der Waals surface area contributed by atoms with Gasteiger partial charge in [-0.25, -0.2) is 4.39 Å². The molecule has 0 aromatic heterocycles. The fourth-order valence-electron chi connectivity index (χ4n) is 2.43. The fraction of sp³-hybridized carbons (Fsp3) is 0.300. The minimum atomic E-state index is -0.338. The van der Waals surface area contributed by atoms with Crippen LogP contribution in [0.25, 0.3) is 0 Å². The number of rotatable bonds is 7. The van der Waals surface area contributed by atoms with Crippen LogP contribution in [-0.2, 0) is 11.2 Å². The second kappa shape index (κ2) is 12.3. The van der Waals surface area contributed by atoms with E-state index in [9.17, 15) is 9.18 Å². The minimum absolute atomic E-state index is 0. The van der Waals surface area contributed by atoms with Gasteiger partial charge in [-0.3, -0.25) is 9.79 Å². The second-order valence-electron chi connectivity index (χ2n) is 6.05. The van der Waals surface area contributed by atoms with Crippen LogP contribution in [0.4, 0.5) is 10.1 Å². The lowest BCUT2D eigenvalue weighted by Gasteiger charge is -2.18. The van der Waals surface area contributed by atoms with Gasteiger partial charge in [0.15, 0.2) is 5.96 Å². The van der Waals surface area contributed by atoms with E-state index in [0.717, 1.165) is 12.8 Å². The van der Waals surface area contributed by atoms with Crippen LogP contribution in [0.5, 0.6) is 0 Å². The average molecular weight is 484 g/mol. The van der Waals surface area contributed by atoms with Gasteiger partial charge in [0.2, 0.25) is 5.91 Å². The van der Waals surface area contributed by atoms with Gasteiger partial charge in [0, 0.05) is 18.8 Å². The third kappa shape index (κ3) is 8.85. The number of benzene rings is 2. The molecule has 146 valence electrons. The monoisotopic (exact) mass is 484 g/mol. The number of hydrogen-bond acceptors (Lipinski definition) is 2. The van der Waals surface area contributed by atoms with Crippen molar-refractivity contribution in [3.8, 4) is 0 Å². The molecule has 0 aliphatic carbocycles. The Hall–Kier alpha value is -2.16. The minimum Gasteiger partial charge on any atom is -0.354 e. The standard InChI is InChI=1S/C20H25FN4O.HI/c1-15(8-9-16-6-4-3-5-7-16)24-20(22-2)23-14-19(26)25-18-12-10-17(21)11-13-18;/h3-7,10-13,15H,8-9,14H2,1-2H3,(H,25,26)(H2,22,23,24);1H. The molecule has 2 aromatic rings. The number of nitrogens with zero attached hydrogens (tertiary/aromatic N) is 1. The molecule has 1 atom stereocenters. The van der Waals surface area contributed by atoms with E-state index in [1.165, 1.54) is 29.8 Å². The van der Waals surface area contributed by atoms with E-state index in [4.69, 9.17) is 0 Å². The number of guanidine groups is 1. The van der Waals surface area contributed by atoms with Gasteiger partial charge in [-0.05, 0) is 49.6 Å². The first-order chi connectivity index (χ1) is 12.6. The quantitative estimate of drug-likeness (QED) is 0.320. The van der Waals surface area contributed by atoms with Crippen LogP contribution < -0.4 is 16.0 Å². The Balaban J connectivity index is 0.00000364. The van der Waals surface area contributed by atoms with Crippen LogP contribution >= 0.6 is 24.0 Å². The second-order valence-corrected chi connectivity index (χ2v) is 6.05. The van der Waals surface area contributed by atoms with Crippen molar-refractivity contribution < 1.29 is 9.18 Å². The van der Waals surface area contributed by atoms with E-state index in [1.807, 2.05) is 18.2 Å². The number of halogens is 2. The Morgan fingerprint density at radius 2 is 1.78 bits per heavy atom. The number of anilines is 1. The van der Waals surface area contributed by atoms with Crippen molar-refractivity contribution in [3.63, 3.8) is 0 Å². The first kappa shape index (κ1) is 22.9. The lowest BCUT2D eigenvalue weighted by atomic mass is 10.1. The molecule has 2 aromatic carbocycles. The third-order valence-corrected chi connectivity index (χ3v) is 3.86. The normalized spacial score (nSPS) is 11.9. The molecule has 0 saturated heterocycles. The smallest absolute Gasteiger partial charge is 0.243 e. The molecule has 0 radical (unpaired) electrons. The largest absolute Gasteiger partial charge is 0.354 e. The maximum Gasteiger partial charge on any atom is 0.243 e. The SMILES string of the molecule is CN=C(NCC(=O)Nc1ccc(F)cc1)NC(C)CCc1ccccc1.I. The molecular weight excluding hydrogens is 458 g/mol. The van der Waals surface area contributed by atoms with Gasteiger partial charge in [0.05, 0.1) is 6.54 Å². The number of amides is 1. The van der Waals surface area contributed by atoms with E-state index in [-0.39, 0.29) is 48.3 Å². The van der Waals surface area contributed by atoms with Crippen molar-refractivity contribution in [2.45, 2.75) is 25.8 Å². The van der Waals surface area contributed by atoms with E-state index in [1.54, 1.807) is 7.05 Å². The number of hydrogen-bond donors (Lipinski definition) is 3. The number of carbonyl (C=O) groups is 1. The van der Waals surface area contributed by atoms with Crippen LogP contribution in [0.3, 0.4) is 0 Å². The molecule has 0 spiro atoms. The van der Waals surface area contributed by atoms with E-state index in [2.05, 4.69) is 40.0 Å². The van der Waals surface area contributed by atoms with Crippen LogP contribution in [0.1, 0.15) is 18.9 Å². The molecule has 0 fully saturated rings. The molecule has 0 heterocycles. The van der Waals surface area contributed by atoms with Crippen molar-refractivity contribution >= 4 is 41.5 Å². The molecule has 0 aliphatic rings. The summed E-state index contributed by atoms with van der Waals surface area (Å²) in [5.74, 6) is 0.00605. The van der Waals surface area contributed by atoms with Crippen LogP contribution in [0, 0.1) is 5.82 Å². The Bertz CT molecular complexity index is 723. The van der Waals surface area contributed by atoms with E-state index >= 15 is 0 Å². The zero-order valence-electron chi connectivity index (χ0n) is 15.5. The summed E-state index contributed by atoms with van der Waals surface area (Å²) in [6.45, 7) is 2.15. The van der Waals surface area contributed by atoms with E-state index in [0.29, 0.717) is 11.6 Å². The summed E-state index contributed by atoms with van der Waals surface area (Å²) in [5, 5.41) is 8.95. The predicted molar refractivity (Wildman–Crippen MR) is 119 cm³/mol. The average Bonchev–Trinajstić information content (AvgIpc) is 2.66. The van der Waals surface area contributed by atoms with Gasteiger partial charge in [-0.2, -0.15) is 0 Å². The molecule has 3 N–H and O–H groups in total. The zero-order chi connectivity index (χ0) is 18.8. The number of carbonyl (C=O) groups excluding carboxylic acids is 1. The topological polar surface area (TPSA) is 65.5 Å². The maximum absolute atomic E-state index is 12.9. The molecule has 1 unspecified atom stereocenters. The van der Waals surface area contributed by atoms with Gasteiger partial charge in [-0.15, -0.1) is 24.0 Å². The van der Waals surface area contributed by atoms with Crippen LogP contribution in [0.2, 0.25) is 0 Å². The van der Waals surface area contributed by atoms with Crippen molar-refractivity contribution in [1.29, 1.82) is 0 Å². The van der Waals surface area contributed by atoms with Crippen molar-refractivity contribution in [2.24, 2.45) is 4.99 Å². The summed E-state index contributed by atoms with van der Waals surface area (Å²) in [6, 6.07) is 16.2. The van der Waals surface area contributed by atoms with Gasteiger partial charge < -0.3 is 16.0 Å². The zero-order valence-corrected chi connectivity index (χ0v) is 17.9. The first-order valence-electron chi connectivity index (χ1n) is 8.63. The summed E-state index contributed by atoms with van der Waals surface area (Å²) >= 11 is 0. The summed E-state index contributed by atoms with van der Waals surface area (Å²) < 4.78 is 12.9. The Labute approximate surface area is 176 Å². The highest BCUT2D eigenvalue weighted by Gasteiger charge is 2.08. The molecule has 27 heavy (non-hydrogen) atoms. The predicted octanol–water partition coefficient (Wildman–Crippen LogP) is 3.57. The lowest BCUT2D eigenvalue weighted by Crippen LogP contribution is -2.45. The molecule has 7 heteroatoms. The highest BCUT2D eigenvalue weighted by Crippen LogP contribution is 2.07. The summed E-state index contributed by atoms with van der Waals surface area (Å²) in [6.07, 6.45) is 1.92. The van der Waals surface area contributed by atoms with Crippen molar-refractivity contribution in [3.05, 3.63) is 66.0 Å². The lowest BCUT2D eigenvalue weighted by molar-refractivity contribution is -0.115. The van der Waals surface area contributed by atoms with Crippen LogP contribution in [0.15, 0.2) is 59.6 Å². The number of aryl methyl sites for hydroxylation is 1. The maximum atomic E-state index is 12.9. The van der Waals surface area contributed by atoms with Crippen molar-refractivity contribution in [2.75, 3.05) is 18.9 Å². The molecule has 2 rings (SSSR count). The molecule has 0 bridgehead atoms. The van der Waals surface area contributed by atoms with Gasteiger partial charge in [-0.1, -0.05) is 30.3 Å². The number of aliphatic imine (C=N–C) groups is 1.